The van der Waals surface area contributed by atoms with Crippen molar-refractivity contribution in [2.75, 3.05) is 25.2 Å². The van der Waals surface area contributed by atoms with Gasteiger partial charge >= 0.3 is 0 Å². The molecule has 0 bridgehead atoms. The predicted octanol–water partition coefficient (Wildman–Crippen LogP) is 3.55. The molecule has 32 heavy (non-hydrogen) atoms. The first-order chi connectivity index (χ1) is 15.2. The number of rotatable bonds is 8. The number of nitrogens with zero attached hydrogens (tertiary/aromatic N) is 5. The molecule has 0 spiro atoms. The number of nitrogens with one attached hydrogen (secondary N) is 1. The van der Waals surface area contributed by atoms with Gasteiger partial charge in [-0.2, -0.15) is 0 Å². The fraction of sp³-hybridized carbons (Fsp3) is 0.350. The van der Waals surface area contributed by atoms with E-state index in [0.29, 0.717) is 37.5 Å². The monoisotopic (exact) mass is 494 g/mol. The van der Waals surface area contributed by atoms with E-state index in [2.05, 4.69) is 20.5 Å². The lowest BCUT2D eigenvalue weighted by Gasteiger charge is -2.08. The summed E-state index contributed by atoms with van der Waals surface area (Å²) in [6, 6.07) is 5.44. The van der Waals surface area contributed by atoms with Crippen LogP contribution in [0.3, 0.4) is 0 Å². The molecule has 0 radical (unpaired) electrons. The highest BCUT2D eigenvalue weighted by atomic mass is 35.5. The number of hydrogen-bond donors (Lipinski definition) is 1. The Morgan fingerprint density at radius 3 is 2.72 bits per heavy atom. The van der Waals surface area contributed by atoms with E-state index in [1.54, 1.807) is 37.7 Å². The summed E-state index contributed by atoms with van der Waals surface area (Å²) < 4.78 is 7.55. The lowest BCUT2D eigenvalue weighted by Crippen LogP contribution is -2.21. The largest absolute Gasteiger partial charge is 0.486 e. The van der Waals surface area contributed by atoms with Gasteiger partial charge in [0.15, 0.2) is 16.1 Å². The van der Waals surface area contributed by atoms with E-state index in [4.69, 9.17) is 16.3 Å². The Hall–Kier alpha value is -2.63. The third-order valence-electron chi connectivity index (χ3n) is 4.40. The van der Waals surface area contributed by atoms with E-state index < -0.39 is 0 Å². The van der Waals surface area contributed by atoms with Crippen LogP contribution in [-0.2, 0) is 18.4 Å². The van der Waals surface area contributed by atoms with E-state index >= 15 is 0 Å². The van der Waals surface area contributed by atoms with Crippen LogP contribution in [0.1, 0.15) is 26.8 Å². The Morgan fingerprint density at radius 2 is 2.03 bits per heavy atom. The molecule has 1 aromatic carbocycles. The van der Waals surface area contributed by atoms with Crippen LogP contribution in [0.2, 0.25) is 5.02 Å². The zero-order chi connectivity index (χ0) is 23.4. The van der Waals surface area contributed by atoms with Crippen molar-refractivity contribution in [2.45, 2.75) is 25.6 Å². The normalized spacial score (nSPS) is 10.8. The molecule has 0 fully saturated rings. The number of aromatic nitrogens is 4. The summed E-state index contributed by atoms with van der Waals surface area (Å²) in [5.74, 6) is 1.05. The Morgan fingerprint density at radius 1 is 1.28 bits per heavy atom. The van der Waals surface area contributed by atoms with E-state index in [9.17, 15) is 9.59 Å². The van der Waals surface area contributed by atoms with Gasteiger partial charge in [-0.3, -0.25) is 9.59 Å². The van der Waals surface area contributed by atoms with Gasteiger partial charge in [-0.15, -0.1) is 10.2 Å². The zero-order valence-electron chi connectivity index (χ0n) is 18.3. The summed E-state index contributed by atoms with van der Waals surface area (Å²) in [4.78, 5) is 30.7. The highest BCUT2D eigenvalue weighted by Gasteiger charge is 2.18. The summed E-state index contributed by atoms with van der Waals surface area (Å²) in [5, 5.41) is 12.7. The van der Waals surface area contributed by atoms with Crippen molar-refractivity contribution < 1.29 is 14.3 Å². The molecule has 0 atom stereocenters. The SMILES string of the molecule is Cc1cc(OCc2nnc(SCC(=O)Nc3nc(C)c(C(=O)N(C)C)s3)n2C)ccc1Cl. The lowest BCUT2D eigenvalue weighted by molar-refractivity contribution is -0.113. The predicted molar refractivity (Wildman–Crippen MR) is 126 cm³/mol. The van der Waals surface area contributed by atoms with Crippen LogP contribution < -0.4 is 10.1 Å². The second-order valence-corrected chi connectivity index (χ2v) is 9.48. The average Bonchev–Trinajstić information content (AvgIpc) is 3.28. The van der Waals surface area contributed by atoms with Gasteiger partial charge in [0.2, 0.25) is 5.91 Å². The number of carbonyl (C=O) groups is 2. The molecule has 2 amide bonds. The number of thiazole rings is 1. The maximum absolute atomic E-state index is 12.3. The highest BCUT2D eigenvalue weighted by molar-refractivity contribution is 7.99. The number of aryl methyl sites for hydroxylation is 2. The summed E-state index contributed by atoms with van der Waals surface area (Å²) in [6.07, 6.45) is 0. The van der Waals surface area contributed by atoms with E-state index in [1.807, 2.05) is 20.0 Å². The van der Waals surface area contributed by atoms with Gasteiger partial charge in [0.25, 0.3) is 5.91 Å². The first-order valence-electron chi connectivity index (χ1n) is 9.54. The topological polar surface area (TPSA) is 102 Å². The Kier molecular flexibility index (Phi) is 7.75. The summed E-state index contributed by atoms with van der Waals surface area (Å²) in [6.45, 7) is 3.88. The van der Waals surface area contributed by atoms with Crippen molar-refractivity contribution in [3.63, 3.8) is 0 Å². The average molecular weight is 495 g/mol. The molecule has 0 saturated heterocycles. The second kappa shape index (κ2) is 10.3. The molecule has 12 heteroatoms. The number of hydrogen-bond acceptors (Lipinski definition) is 8. The molecule has 170 valence electrons. The van der Waals surface area contributed by atoms with Gasteiger partial charge in [0.1, 0.15) is 17.2 Å². The molecule has 0 aliphatic rings. The van der Waals surface area contributed by atoms with Crippen LogP contribution in [0.15, 0.2) is 23.4 Å². The number of amides is 2. The Bertz CT molecular complexity index is 1140. The van der Waals surface area contributed by atoms with Gasteiger partial charge in [-0.1, -0.05) is 34.7 Å². The van der Waals surface area contributed by atoms with Crippen molar-refractivity contribution in [1.29, 1.82) is 0 Å². The Balaban J connectivity index is 1.54. The first-order valence-corrected chi connectivity index (χ1v) is 11.7. The standard InChI is InChI=1S/C20H23ClN6O3S2/c1-11-8-13(6-7-14(11)21)30-9-15-24-25-20(27(15)5)31-10-16(28)23-19-22-12(2)17(32-19)18(29)26(3)4/h6-8H,9-10H2,1-5H3,(H,22,23,28). The molecule has 2 heterocycles. The number of ether oxygens (including phenoxy) is 1. The van der Waals surface area contributed by atoms with E-state index in [1.165, 1.54) is 16.7 Å². The molecule has 0 aliphatic carbocycles. The molecule has 1 N–H and O–H groups in total. The summed E-state index contributed by atoms with van der Waals surface area (Å²) >= 11 is 8.44. The zero-order valence-corrected chi connectivity index (χ0v) is 20.7. The third kappa shape index (κ3) is 5.78. The Labute approximate surface area is 199 Å². The van der Waals surface area contributed by atoms with Crippen LogP contribution in [0.5, 0.6) is 5.75 Å². The molecule has 9 nitrogen and oxygen atoms in total. The fourth-order valence-electron chi connectivity index (χ4n) is 2.59. The number of benzene rings is 1. The number of thioether (sulfide) groups is 1. The summed E-state index contributed by atoms with van der Waals surface area (Å²) in [5.41, 5.74) is 1.52. The molecular formula is C20H23ClN6O3S2. The van der Waals surface area contributed by atoms with Crippen LogP contribution >= 0.6 is 34.7 Å². The van der Waals surface area contributed by atoms with Crippen molar-refractivity contribution in [2.24, 2.45) is 7.05 Å². The number of carbonyl (C=O) groups excluding carboxylic acids is 2. The van der Waals surface area contributed by atoms with Gasteiger partial charge in [0, 0.05) is 26.2 Å². The number of halogens is 1. The lowest BCUT2D eigenvalue weighted by atomic mass is 10.2. The van der Waals surface area contributed by atoms with Gasteiger partial charge < -0.3 is 19.5 Å². The minimum Gasteiger partial charge on any atom is -0.486 e. The van der Waals surface area contributed by atoms with Crippen LogP contribution in [-0.4, -0.2) is 56.3 Å². The highest BCUT2D eigenvalue weighted by Crippen LogP contribution is 2.25. The molecular weight excluding hydrogens is 472 g/mol. The molecule has 0 aliphatic heterocycles. The second-order valence-electron chi connectivity index (χ2n) is 7.13. The third-order valence-corrected chi connectivity index (χ3v) is 6.90. The minimum atomic E-state index is -0.245. The van der Waals surface area contributed by atoms with E-state index in [-0.39, 0.29) is 24.2 Å². The maximum atomic E-state index is 12.3. The van der Waals surface area contributed by atoms with Crippen LogP contribution in [0, 0.1) is 13.8 Å². The van der Waals surface area contributed by atoms with Crippen molar-refractivity contribution in [1.82, 2.24) is 24.6 Å². The smallest absolute Gasteiger partial charge is 0.265 e. The van der Waals surface area contributed by atoms with Gasteiger partial charge in [0.05, 0.1) is 11.4 Å². The molecule has 2 aromatic heterocycles. The molecule has 3 rings (SSSR count). The minimum absolute atomic E-state index is 0.124. The summed E-state index contributed by atoms with van der Waals surface area (Å²) in [7, 11) is 5.16. The van der Waals surface area contributed by atoms with Crippen LogP contribution in [0.25, 0.3) is 0 Å². The fourth-order valence-corrected chi connectivity index (χ4v) is 4.44. The van der Waals surface area contributed by atoms with Gasteiger partial charge in [-0.25, -0.2) is 4.98 Å². The molecule has 0 unspecified atom stereocenters. The van der Waals surface area contributed by atoms with Crippen molar-refractivity contribution in [3.05, 3.63) is 45.2 Å². The van der Waals surface area contributed by atoms with Gasteiger partial charge in [-0.05, 0) is 37.6 Å². The molecule has 0 saturated carbocycles. The van der Waals surface area contributed by atoms with E-state index in [0.717, 1.165) is 16.9 Å². The first kappa shape index (κ1) is 24.0. The molecule has 3 aromatic rings. The van der Waals surface area contributed by atoms with Crippen molar-refractivity contribution >= 4 is 51.6 Å². The van der Waals surface area contributed by atoms with Crippen LogP contribution in [0.4, 0.5) is 5.13 Å². The quantitative estimate of drug-likeness (QED) is 0.477. The number of anilines is 1. The maximum Gasteiger partial charge on any atom is 0.265 e. The van der Waals surface area contributed by atoms with Crippen molar-refractivity contribution in [3.8, 4) is 5.75 Å².